The first kappa shape index (κ1) is 22.2. The van der Waals surface area contributed by atoms with E-state index in [1.807, 2.05) is 25.1 Å². The smallest absolute Gasteiger partial charge is 0.222 e. The molecule has 0 radical (unpaired) electrons. The molecule has 0 unspecified atom stereocenters. The van der Waals surface area contributed by atoms with Gasteiger partial charge in [-0.1, -0.05) is 30.3 Å². The summed E-state index contributed by atoms with van der Waals surface area (Å²) in [5.74, 6) is 0.545. The SMILES string of the molecule is CC(=O)NC(=S)Nc1cc(OCc2ccc(CN3CCN(C)CC3)cc2)ccc1C. The number of piperazine rings is 1. The molecular weight excluding hydrogens is 396 g/mol. The van der Waals surface area contributed by atoms with E-state index < -0.39 is 0 Å². The summed E-state index contributed by atoms with van der Waals surface area (Å²) in [6.07, 6.45) is 0. The highest BCUT2D eigenvalue weighted by Crippen LogP contribution is 2.23. The maximum atomic E-state index is 11.1. The zero-order valence-corrected chi connectivity index (χ0v) is 18.7. The van der Waals surface area contributed by atoms with E-state index in [1.165, 1.54) is 12.5 Å². The molecule has 1 saturated heterocycles. The van der Waals surface area contributed by atoms with Crippen molar-refractivity contribution in [3.8, 4) is 5.75 Å². The first-order chi connectivity index (χ1) is 14.4. The predicted octanol–water partition coefficient (Wildman–Crippen LogP) is 3.15. The minimum atomic E-state index is -0.200. The van der Waals surface area contributed by atoms with Crippen LogP contribution >= 0.6 is 12.2 Å². The zero-order chi connectivity index (χ0) is 21.5. The van der Waals surface area contributed by atoms with Crippen LogP contribution in [0.15, 0.2) is 42.5 Å². The van der Waals surface area contributed by atoms with Gasteiger partial charge >= 0.3 is 0 Å². The van der Waals surface area contributed by atoms with Crippen molar-refractivity contribution in [2.45, 2.75) is 27.0 Å². The van der Waals surface area contributed by atoms with Crippen LogP contribution in [-0.2, 0) is 17.9 Å². The second-order valence-electron chi connectivity index (χ2n) is 7.80. The fourth-order valence-electron chi connectivity index (χ4n) is 3.31. The molecule has 0 saturated carbocycles. The molecule has 1 fully saturated rings. The van der Waals surface area contributed by atoms with E-state index in [0.29, 0.717) is 6.61 Å². The predicted molar refractivity (Wildman–Crippen MR) is 125 cm³/mol. The maximum Gasteiger partial charge on any atom is 0.222 e. The molecule has 1 heterocycles. The number of likely N-dealkylation sites (N-methyl/N-ethyl adjacent to an activating group) is 1. The van der Waals surface area contributed by atoms with Crippen LogP contribution in [0.3, 0.4) is 0 Å². The second-order valence-corrected chi connectivity index (χ2v) is 8.20. The van der Waals surface area contributed by atoms with Gasteiger partial charge in [-0.2, -0.15) is 0 Å². The minimum absolute atomic E-state index is 0.200. The number of benzene rings is 2. The van der Waals surface area contributed by atoms with Crippen molar-refractivity contribution in [1.29, 1.82) is 0 Å². The van der Waals surface area contributed by atoms with Gasteiger partial charge in [-0.3, -0.25) is 9.69 Å². The average Bonchev–Trinajstić information content (AvgIpc) is 2.71. The number of hydrogen-bond donors (Lipinski definition) is 2. The van der Waals surface area contributed by atoms with Gasteiger partial charge in [0.25, 0.3) is 0 Å². The quantitative estimate of drug-likeness (QED) is 0.692. The molecule has 0 atom stereocenters. The summed E-state index contributed by atoms with van der Waals surface area (Å²) in [6, 6.07) is 14.4. The van der Waals surface area contributed by atoms with Gasteiger partial charge in [-0.05, 0) is 48.9 Å². The highest BCUT2D eigenvalue weighted by Gasteiger charge is 2.13. The molecule has 0 bridgehead atoms. The normalized spacial score (nSPS) is 14.9. The third-order valence-corrected chi connectivity index (χ3v) is 5.38. The summed E-state index contributed by atoms with van der Waals surface area (Å²) in [5.41, 5.74) is 4.29. The molecule has 0 aliphatic carbocycles. The molecule has 0 aromatic heterocycles. The highest BCUT2D eigenvalue weighted by molar-refractivity contribution is 7.80. The van der Waals surface area contributed by atoms with Crippen molar-refractivity contribution in [1.82, 2.24) is 15.1 Å². The van der Waals surface area contributed by atoms with Gasteiger partial charge in [-0.25, -0.2) is 0 Å². The Hall–Kier alpha value is -2.48. The molecule has 7 heteroatoms. The van der Waals surface area contributed by atoms with E-state index in [9.17, 15) is 4.79 Å². The topological polar surface area (TPSA) is 56.8 Å². The van der Waals surface area contributed by atoms with E-state index in [0.717, 1.165) is 55.3 Å². The number of carbonyl (C=O) groups excluding carboxylic acids is 1. The Labute approximate surface area is 184 Å². The number of aryl methyl sites for hydroxylation is 1. The number of amides is 1. The first-order valence-electron chi connectivity index (χ1n) is 10.2. The van der Waals surface area contributed by atoms with Crippen molar-refractivity contribution < 1.29 is 9.53 Å². The largest absolute Gasteiger partial charge is 0.489 e. The van der Waals surface area contributed by atoms with Crippen LogP contribution in [0.2, 0.25) is 0 Å². The van der Waals surface area contributed by atoms with E-state index in [-0.39, 0.29) is 11.0 Å². The number of hydrogen-bond acceptors (Lipinski definition) is 5. The summed E-state index contributed by atoms with van der Waals surface area (Å²) in [7, 11) is 2.18. The molecule has 30 heavy (non-hydrogen) atoms. The summed E-state index contributed by atoms with van der Waals surface area (Å²) in [4.78, 5) is 16.0. The molecule has 1 amide bonds. The van der Waals surface area contributed by atoms with Crippen LogP contribution in [0.25, 0.3) is 0 Å². The molecule has 160 valence electrons. The fraction of sp³-hybridized carbons (Fsp3) is 0.391. The van der Waals surface area contributed by atoms with Gasteiger partial charge in [0.2, 0.25) is 5.91 Å². The lowest BCUT2D eigenvalue weighted by Crippen LogP contribution is -2.43. The number of anilines is 1. The Kier molecular flexibility index (Phi) is 7.79. The Morgan fingerprint density at radius 3 is 2.40 bits per heavy atom. The van der Waals surface area contributed by atoms with Crippen molar-refractivity contribution in [3.63, 3.8) is 0 Å². The molecule has 0 spiro atoms. The monoisotopic (exact) mass is 426 g/mol. The Morgan fingerprint density at radius 1 is 1.07 bits per heavy atom. The lowest BCUT2D eigenvalue weighted by Gasteiger charge is -2.32. The number of thiocarbonyl (C=S) groups is 1. The minimum Gasteiger partial charge on any atom is -0.489 e. The van der Waals surface area contributed by atoms with Gasteiger partial charge in [0.05, 0.1) is 0 Å². The van der Waals surface area contributed by atoms with E-state index >= 15 is 0 Å². The second kappa shape index (κ2) is 10.5. The standard InChI is InChI=1S/C23H30N4O2S/c1-17-4-9-21(14-22(17)25-23(30)24-18(2)28)29-16-20-7-5-19(6-8-20)15-27-12-10-26(3)11-13-27/h4-9,14H,10-13,15-16H2,1-3H3,(H2,24,25,28,30). The molecule has 2 N–H and O–H groups in total. The van der Waals surface area contributed by atoms with Crippen molar-refractivity contribution in [2.24, 2.45) is 0 Å². The van der Waals surface area contributed by atoms with Crippen molar-refractivity contribution in [3.05, 3.63) is 59.2 Å². The lowest BCUT2D eigenvalue weighted by atomic mass is 10.1. The fourth-order valence-corrected chi connectivity index (χ4v) is 3.56. The van der Waals surface area contributed by atoms with E-state index in [1.54, 1.807) is 0 Å². The summed E-state index contributed by atoms with van der Waals surface area (Å²) in [5, 5.41) is 5.88. The third-order valence-electron chi connectivity index (χ3n) is 5.18. The number of nitrogens with one attached hydrogen (secondary N) is 2. The number of ether oxygens (including phenoxy) is 1. The molecule has 1 aliphatic rings. The highest BCUT2D eigenvalue weighted by atomic mass is 32.1. The molecule has 6 nitrogen and oxygen atoms in total. The Balaban J connectivity index is 1.53. The zero-order valence-electron chi connectivity index (χ0n) is 17.9. The number of nitrogens with zero attached hydrogens (tertiary/aromatic N) is 2. The Bertz CT molecular complexity index is 877. The van der Waals surface area contributed by atoms with Gasteiger partial charge in [0.15, 0.2) is 5.11 Å². The maximum absolute atomic E-state index is 11.1. The van der Waals surface area contributed by atoms with Gasteiger partial charge in [0, 0.05) is 51.4 Å². The summed E-state index contributed by atoms with van der Waals surface area (Å²) < 4.78 is 5.97. The van der Waals surface area contributed by atoms with E-state index in [4.69, 9.17) is 17.0 Å². The molecule has 1 aliphatic heterocycles. The number of rotatable bonds is 6. The Morgan fingerprint density at radius 2 is 1.73 bits per heavy atom. The van der Waals surface area contributed by atoms with Gasteiger partial charge in [-0.15, -0.1) is 0 Å². The van der Waals surface area contributed by atoms with Gasteiger partial charge < -0.3 is 20.3 Å². The summed E-state index contributed by atoms with van der Waals surface area (Å²) in [6.45, 7) is 9.40. The van der Waals surface area contributed by atoms with Crippen LogP contribution in [0.4, 0.5) is 5.69 Å². The average molecular weight is 427 g/mol. The van der Waals surface area contributed by atoms with E-state index in [2.05, 4.69) is 51.7 Å². The third kappa shape index (κ3) is 6.79. The van der Waals surface area contributed by atoms with Crippen LogP contribution in [0.5, 0.6) is 5.75 Å². The van der Waals surface area contributed by atoms with Gasteiger partial charge in [0.1, 0.15) is 12.4 Å². The molecular formula is C23H30N4O2S. The van der Waals surface area contributed by atoms with Crippen molar-refractivity contribution >= 4 is 28.9 Å². The number of carbonyl (C=O) groups is 1. The molecule has 3 rings (SSSR count). The lowest BCUT2D eigenvalue weighted by molar-refractivity contribution is -0.117. The van der Waals surface area contributed by atoms with Crippen LogP contribution in [0.1, 0.15) is 23.6 Å². The summed E-state index contributed by atoms with van der Waals surface area (Å²) >= 11 is 5.14. The molecule has 2 aromatic carbocycles. The van der Waals surface area contributed by atoms with Crippen molar-refractivity contribution in [2.75, 3.05) is 38.5 Å². The van der Waals surface area contributed by atoms with Crippen LogP contribution < -0.4 is 15.4 Å². The van der Waals surface area contributed by atoms with Crippen LogP contribution in [-0.4, -0.2) is 54.0 Å². The van der Waals surface area contributed by atoms with Crippen LogP contribution in [0, 0.1) is 6.92 Å². The molecule has 2 aromatic rings. The first-order valence-corrected chi connectivity index (χ1v) is 10.6.